The van der Waals surface area contributed by atoms with Gasteiger partial charge in [0.25, 0.3) is 0 Å². The second kappa shape index (κ2) is 8.69. The van der Waals surface area contributed by atoms with Gasteiger partial charge in [-0.1, -0.05) is 0 Å². The zero-order valence-electron chi connectivity index (χ0n) is 25.9. The van der Waals surface area contributed by atoms with Gasteiger partial charge in [0.1, 0.15) is 0 Å². The SMILES string of the molecule is CC1(C)CCCC(C)(C)N1c1nc(N2C(C)(C)CCCC2(C)C)nc(N2C(C)(C)CC(O)CC2(C)C)n1. The first-order valence-electron chi connectivity index (χ1n) is 14.6. The number of aromatic nitrogens is 3. The Balaban J connectivity index is 1.98. The van der Waals surface area contributed by atoms with E-state index >= 15 is 0 Å². The number of aliphatic hydroxyl groups is 1. The molecule has 0 unspecified atom stereocenters. The van der Waals surface area contributed by atoms with Crippen LogP contribution in [0.3, 0.4) is 0 Å². The highest BCUT2D eigenvalue weighted by Gasteiger charge is 2.50. The van der Waals surface area contributed by atoms with Crippen LogP contribution >= 0.6 is 0 Å². The Morgan fingerprint density at radius 2 is 0.730 bits per heavy atom. The number of rotatable bonds is 3. The maximum Gasteiger partial charge on any atom is 0.232 e. The molecule has 3 saturated heterocycles. The number of aliphatic hydroxyl groups excluding tert-OH is 1. The van der Waals surface area contributed by atoms with Gasteiger partial charge in [-0.2, -0.15) is 15.0 Å². The average Bonchev–Trinajstić information content (AvgIpc) is 2.62. The van der Waals surface area contributed by atoms with E-state index in [0.29, 0.717) is 12.8 Å². The Labute approximate surface area is 226 Å². The van der Waals surface area contributed by atoms with Crippen molar-refractivity contribution in [1.29, 1.82) is 0 Å². The fourth-order valence-corrected chi connectivity index (χ4v) is 8.49. The molecule has 0 aliphatic carbocycles. The van der Waals surface area contributed by atoms with E-state index in [4.69, 9.17) is 15.0 Å². The minimum Gasteiger partial charge on any atom is -0.393 e. The Kier molecular flexibility index (Phi) is 6.66. The summed E-state index contributed by atoms with van der Waals surface area (Å²) in [5.41, 5.74) is -0.837. The lowest BCUT2D eigenvalue weighted by Gasteiger charge is -2.56. The largest absolute Gasteiger partial charge is 0.393 e. The summed E-state index contributed by atoms with van der Waals surface area (Å²) in [4.78, 5) is 23.2. The van der Waals surface area contributed by atoms with Crippen LogP contribution in [0.25, 0.3) is 0 Å². The summed E-state index contributed by atoms with van der Waals surface area (Å²) in [5, 5.41) is 10.7. The smallest absolute Gasteiger partial charge is 0.232 e. The maximum atomic E-state index is 10.7. The molecule has 4 heterocycles. The molecular formula is C30H54N6O. The molecule has 4 rings (SSSR count). The summed E-state index contributed by atoms with van der Waals surface area (Å²) >= 11 is 0. The highest BCUT2D eigenvalue weighted by atomic mass is 16.3. The third-order valence-electron chi connectivity index (χ3n) is 9.46. The van der Waals surface area contributed by atoms with Crippen LogP contribution in [-0.4, -0.2) is 59.4 Å². The highest BCUT2D eigenvalue weighted by Crippen LogP contribution is 2.46. The summed E-state index contributed by atoms with van der Waals surface area (Å²) in [6.45, 7) is 27.5. The van der Waals surface area contributed by atoms with Gasteiger partial charge in [0.05, 0.1) is 6.10 Å². The van der Waals surface area contributed by atoms with Gasteiger partial charge in [-0.25, -0.2) is 0 Å². The highest BCUT2D eigenvalue weighted by molar-refractivity contribution is 5.54. The predicted molar refractivity (Wildman–Crippen MR) is 155 cm³/mol. The summed E-state index contributed by atoms with van der Waals surface area (Å²) < 4.78 is 0. The molecule has 0 bridgehead atoms. The minimum absolute atomic E-state index is 0.0618. The molecule has 7 heteroatoms. The fourth-order valence-electron chi connectivity index (χ4n) is 8.49. The molecule has 210 valence electrons. The number of hydrogen-bond acceptors (Lipinski definition) is 7. The first kappa shape index (κ1) is 28.4. The molecule has 0 radical (unpaired) electrons. The minimum atomic E-state index is -0.332. The second-order valence-corrected chi connectivity index (χ2v) is 15.9. The summed E-state index contributed by atoms with van der Waals surface area (Å²) in [6.07, 6.45) is 7.90. The molecule has 3 aliphatic heterocycles. The molecule has 0 spiro atoms. The van der Waals surface area contributed by atoms with Gasteiger partial charge in [0.15, 0.2) is 0 Å². The predicted octanol–water partition coefficient (Wildman–Crippen LogP) is 6.48. The zero-order chi connectivity index (χ0) is 27.8. The average molecular weight is 515 g/mol. The van der Waals surface area contributed by atoms with E-state index in [0.717, 1.165) is 43.5 Å². The summed E-state index contributed by atoms with van der Waals surface area (Å²) in [5.74, 6) is 2.30. The van der Waals surface area contributed by atoms with Crippen LogP contribution in [0, 0.1) is 0 Å². The molecule has 1 aromatic heterocycles. The lowest BCUT2D eigenvalue weighted by Crippen LogP contribution is -2.64. The van der Waals surface area contributed by atoms with Crippen molar-refractivity contribution in [2.75, 3.05) is 14.7 Å². The van der Waals surface area contributed by atoms with Gasteiger partial charge in [0.2, 0.25) is 17.8 Å². The van der Waals surface area contributed by atoms with Gasteiger partial charge in [-0.05, 0) is 134 Å². The Morgan fingerprint density at radius 1 is 0.486 bits per heavy atom. The van der Waals surface area contributed by atoms with Crippen LogP contribution in [0.1, 0.15) is 134 Å². The monoisotopic (exact) mass is 514 g/mol. The molecular weight excluding hydrogens is 460 g/mol. The van der Waals surface area contributed by atoms with Crippen LogP contribution in [0.15, 0.2) is 0 Å². The number of nitrogens with zero attached hydrogens (tertiary/aromatic N) is 6. The Morgan fingerprint density at radius 3 is 1.00 bits per heavy atom. The molecule has 7 nitrogen and oxygen atoms in total. The van der Waals surface area contributed by atoms with Crippen molar-refractivity contribution in [3.63, 3.8) is 0 Å². The first-order valence-corrected chi connectivity index (χ1v) is 14.6. The van der Waals surface area contributed by atoms with Crippen molar-refractivity contribution < 1.29 is 5.11 Å². The molecule has 3 fully saturated rings. The molecule has 0 amide bonds. The molecule has 0 atom stereocenters. The van der Waals surface area contributed by atoms with E-state index < -0.39 is 0 Å². The van der Waals surface area contributed by atoms with Crippen LogP contribution < -0.4 is 14.7 Å². The van der Waals surface area contributed by atoms with Gasteiger partial charge >= 0.3 is 0 Å². The summed E-state index contributed by atoms with van der Waals surface area (Å²) in [7, 11) is 0. The van der Waals surface area contributed by atoms with E-state index in [9.17, 15) is 5.11 Å². The standard InChI is InChI=1S/C30H54N6O/c1-25(2)15-13-16-26(3,4)34(25)22-31-23(35-27(5,6)17-14-18-28(35,7)8)33-24(32-22)36-29(9,10)19-21(37)20-30(36,11)12/h21,37H,13-20H2,1-12H3. The van der Waals surface area contributed by atoms with Crippen LogP contribution in [0.4, 0.5) is 17.8 Å². The van der Waals surface area contributed by atoms with Gasteiger partial charge in [0, 0.05) is 33.2 Å². The first-order chi connectivity index (χ1) is 16.7. The van der Waals surface area contributed by atoms with Crippen molar-refractivity contribution in [1.82, 2.24) is 15.0 Å². The summed E-state index contributed by atoms with van der Waals surface area (Å²) in [6, 6.07) is 0. The van der Waals surface area contributed by atoms with E-state index in [2.05, 4.69) is 97.8 Å². The van der Waals surface area contributed by atoms with Crippen LogP contribution in [0.5, 0.6) is 0 Å². The van der Waals surface area contributed by atoms with Gasteiger partial charge in [-0.15, -0.1) is 0 Å². The molecule has 0 saturated carbocycles. The topological polar surface area (TPSA) is 68.6 Å². The van der Waals surface area contributed by atoms with Crippen molar-refractivity contribution in [3.05, 3.63) is 0 Å². The fraction of sp³-hybridized carbons (Fsp3) is 0.900. The lowest BCUT2D eigenvalue weighted by molar-refractivity contribution is 0.0637. The van der Waals surface area contributed by atoms with Crippen molar-refractivity contribution in [3.8, 4) is 0 Å². The van der Waals surface area contributed by atoms with Gasteiger partial charge < -0.3 is 19.8 Å². The Bertz CT molecular complexity index is 905. The van der Waals surface area contributed by atoms with Crippen molar-refractivity contribution in [2.45, 2.75) is 174 Å². The van der Waals surface area contributed by atoms with E-state index in [1.54, 1.807) is 0 Å². The quantitative estimate of drug-likeness (QED) is 0.495. The molecule has 1 N–H and O–H groups in total. The third kappa shape index (κ3) is 5.06. The van der Waals surface area contributed by atoms with Crippen molar-refractivity contribution in [2.24, 2.45) is 0 Å². The maximum absolute atomic E-state index is 10.7. The number of anilines is 3. The Hall–Kier alpha value is -1.63. The lowest BCUT2D eigenvalue weighted by atomic mass is 9.78. The molecule has 37 heavy (non-hydrogen) atoms. The molecule has 1 aromatic rings. The van der Waals surface area contributed by atoms with E-state index in [1.807, 2.05) is 0 Å². The molecule has 3 aliphatic rings. The normalized spacial score (nSPS) is 28.3. The number of hydrogen-bond donors (Lipinski definition) is 1. The zero-order valence-corrected chi connectivity index (χ0v) is 25.9. The van der Waals surface area contributed by atoms with Crippen LogP contribution in [0.2, 0.25) is 0 Å². The molecule has 0 aromatic carbocycles. The van der Waals surface area contributed by atoms with Gasteiger partial charge in [-0.3, -0.25) is 0 Å². The van der Waals surface area contributed by atoms with E-state index in [-0.39, 0.29) is 39.3 Å². The van der Waals surface area contributed by atoms with E-state index in [1.165, 1.54) is 12.8 Å². The third-order valence-corrected chi connectivity index (χ3v) is 9.46. The van der Waals surface area contributed by atoms with Crippen molar-refractivity contribution >= 4 is 17.8 Å². The second-order valence-electron chi connectivity index (χ2n) is 15.9. The van der Waals surface area contributed by atoms with Crippen LogP contribution in [-0.2, 0) is 0 Å². The number of piperidine rings is 3.